The number of nitrogens with two attached hydrogens (primary N) is 1. The molecule has 3 aliphatic rings. The van der Waals surface area contributed by atoms with Crippen LogP contribution in [0.15, 0.2) is 0 Å². The zero-order valence-corrected chi connectivity index (χ0v) is 9.75. The zero-order valence-electron chi connectivity index (χ0n) is 9.75. The largest absolute Gasteiger partial charge is 0.329 e. The highest BCUT2D eigenvalue weighted by Crippen LogP contribution is 2.49. The van der Waals surface area contributed by atoms with E-state index in [1.807, 2.05) is 0 Å². The van der Waals surface area contributed by atoms with Gasteiger partial charge in [0.15, 0.2) is 0 Å². The monoisotopic (exact) mass is 208 g/mol. The summed E-state index contributed by atoms with van der Waals surface area (Å²) >= 11 is 0. The lowest BCUT2D eigenvalue weighted by Gasteiger charge is -2.59. The minimum atomic E-state index is 0.721. The van der Waals surface area contributed by atoms with E-state index in [2.05, 4.69) is 4.90 Å². The minimum Gasteiger partial charge on any atom is -0.329 e. The minimum absolute atomic E-state index is 0.721. The van der Waals surface area contributed by atoms with Gasteiger partial charge < -0.3 is 5.73 Å². The Morgan fingerprint density at radius 3 is 2.27 bits per heavy atom. The van der Waals surface area contributed by atoms with Gasteiger partial charge in [0.1, 0.15) is 0 Å². The first-order chi connectivity index (χ1) is 7.33. The third kappa shape index (κ3) is 1.62. The Kier molecular flexibility index (Phi) is 2.52. The quantitative estimate of drug-likeness (QED) is 0.768. The molecule has 2 N–H and O–H groups in total. The van der Waals surface area contributed by atoms with E-state index in [4.69, 9.17) is 5.73 Å². The highest BCUT2D eigenvalue weighted by molar-refractivity contribution is 5.03. The average molecular weight is 208 g/mol. The first-order valence-corrected chi connectivity index (χ1v) is 6.77. The van der Waals surface area contributed by atoms with Crippen molar-refractivity contribution >= 4 is 0 Å². The topological polar surface area (TPSA) is 29.3 Å². The van der Waals surface area contributed by atoms with E-state index in [1.165, 1.54) is 58.0 Å². The van der Waals surface area contributed by atoms with Crippen molar-refractivity contribution in [1.82, 2.24) is 4.90 Å². The molecule has 2 nitrogen and oxygen atoms in total. The Hall–Kier alpha value is -0.0800. The van der Waals surface area contributed by atoms with Crippen LogP contribution in [-0.2, 0) is 0 Å². The molecule has 3 rings (SSSR count). The Labute approximate surface area is 93.2 Å². The first-order valence-electron chi connectivity index (χ1n) is 6.77. The third-order valence-corrected chi connectivity index (χ3v) is 5.15. The van der Waals surface area contributed by atoms with Gasteiger partial charge in [0.25, 0.3) is 0 Å². The Morgan fingerprint density at radius 1 is 1.13 bits per heavy atom. The maximum absolute atomic E-state index is 5.97. The highest BCUT2D eigenvalue weighted by Gasteiger charge is 2.49. The molecule has 1 saturated heterocycles. The van der Waals surface area contributed by atoms with Crippen molar-refractivity contribution in [2.45, 2.75) is 51.0 Å². The van der Waals surface area contributed by atoms with Crippen LogP contribution in [0.2, 0.25) is 0 Å². The SMILES string of the molecule is NCC(C1CCCC1)N1CC2(CCC2)C1. The highest BCUT2D eigenvalue weighted by atomic mass is 15.2. The molecular weight excluding hydrogens is 184 g/mol. The van der Waals surface area contributed by atoms with Crippen molar-refractivity contribution in [1.29, 1.82) is 0 Å². The molecule has 2 saturated carbocycles. The van der Waals surface area contributed by atoms with E-state index in [1.54, 1.807) is 0 Å². The fourth-order valence-corrected chi connectivity index (χ4v) is 4.02. The molecule has 86 valence electrons. The maximum Gasteiger partial charge on any atom is 0.0247 e. The zero-order chi connectivity index (χ0) is 10.3. The van der Waals surface area contributed by atoms with Crippen molar-refractivity contribution in [2.75, 3.05) is 19.6 Å². The molecule has 0 bridgehead atoms. The summed E-state index contributed by atoms with van der Waals surface area (Å²) in [7, 11) is 0. The van der Waals surface area contributed by atoms with Crippen molar-refractivity contribution in [2.24, 2.45) is 17.1 Å². The number of nitrogens with zero attached hydrogens (tertiary/aromatic N) is 1. The molecule has 2 aliphatic carbocycles. The maximum atomic E-state index is 5.97. The second-order valence-electron chi connectivity index (χ2n) is 6.11. The van der Waals surface area contributed by atoms with Gasteiger partial charge in [0, 0.05) is 25.7 Å². The standard InChI is InChI=1S/C13H24N2/c14-8-12(11-4-1-2-5-11)15-9-13(10-15)6-3-7-13/h11-12H,1-10,14H2. The van der Waals surface area contributed by atoms with Crippen molar-refractivity contribution in [3.05, 3.63) is 0 Å². The second kappa shape index (κ2) is 3.74. The van der Waals surface area contributed by atoms with Crippen LogP contribution in [0.25, 0.3) is 0 Å². The normalized spacial score (nSPS) is 32.6. The fraction of sp³-hybridized carbons (Fsp3) is 1.00. The summed E-state index contributed by atoms with van der Waals surface area (Å²) < 4.78 is 0. The van der Waals surface area contributed by atoms with Crippen LogP contribution in [0, 0.1) is 11.3 Å². The lowest BCUT2D eigenvalue weighted by molar-refractivity contribution is -0.0919. The summed E-state index contributed by atoms with van der Waals surface area (Å²) in [6.45, 7) is 3.62. The molecule has 0 aromatic heterocycles. The van der Waals surface area contributed by atoms with E-state index in [9.17, 15) is 0 Å². The number of hydrogen-bond acceptors (Lipinski definition) is 2. The molecule has 15 heavy (non-hydrogen) atoms. The van der Waals surface area contributed by atoms with Gasteiger partial charge >= 0.3 is 0 Å². The molecule has 1 heterocycles. The first kappa shape index (κ1) is 10.1. The van der Waals surface area contributed by atoms with Gasteiger partial charge in [-0.2, -0.15) is 0 Å². The molecule has 0 aromatic carbocycles. The summed E-state index contributed by atoms with van der Waals surface area (Å²) in [5.74, 6) is 0.924. The lowest BCUT2D eigenvalue weighted by atomic mass is 9.63. The molecule has 3 fully saturated rings. The van der Waals surface area contributed by atoms with Crippen LogP contribution in [-0.4, -0.2) is 30.6 Å². The molecular formula is C13H24N2. The predicted molar refractivity (Wildman–Crippen MR) is 62.7 cm³/mol. The van der Waals surface area contributed by atoms with Gasteiger partial charge in [-0.25, -0.2) is 0 Å². The fourth-order valence-electron chi connectivity index (χ4n) is 4.02. The summed E-state index contributed by atoms with van der Waals surface area (Å²) in [6.07, 6.45) is 10.2. The molecule has 1 aliphatic heterocycles. The van der Waals surface area contributed by atoms with Crippen LogP contribution in [0.4, 0.5) is 0 Å². The number of hydrogen-bond donors (Lipinski definition) is 1. The number of likely N-dealkylation sites (tertiary alicyclic amines) is 1. The Morgan fingerprint density at radius 2 is 1.80 bits per heavy atom. The molecule has 0 aromatic rings. The van der Waals surface area contributed by atoms with E-state index >= 15 is 0 Å². The van der Waals surface area contributed by atoms with Gasteiger partial charge in [-0.15, -0.1) is 0 Å². The van der Waals surface area contributed by atoms with Gasteiger partial charge in [-0.3, -0.25) is 4.90 Å². The van der Waals surface area contributed by atoms with E-state index in [0.717, 1.165) is 23.9 Å². The summed E-state index contributed by atoms with van der Waals surface area (Å²) in [6, 6.07) is 0.721. The molecule has 0 amide bonds. The van der Waals surface area contributed by atoms with Gasteiger partial charge in [0.05, 0.1) is 0 Å². The van der Waals surface area contributed by atoms with Gasteiger partial charge in [-0.1, -0.05) is 19.3 Å². The number of rotatable bonds is 3. The molecule has 0 radical (unpaired) electrons. The third-order valence-electron chi connectivity index (χ3n) is 5.15. The molecule has 1 unspecified atom stereocenters. The van der Waals surface area contributed by atoms with E-state index in [0.29, 0.717) is 0 Å². The summed E-state index contributed by atoms with van der Waals surface area (Å²) in [5.41, 5.74) is 6.74. The van der Waals surface area contributed by atoms with E-state index in [-0.39, 0.29) is 0 Å². The molecule has 1 spiro atoms. The predicted octanol–water partition coefficient (Wildman–Crippen LogP) is 1.99. The molecule has 1 atom stereocenters. The van der Waals surface area contributed by atoms with Crippen molar-refractivity contribution in [3.8, 4) is 0 Å². The van der Waals surface area contributed by atoms with E-state index < -0.39 is 0 Å². The van der Waals surface area contributed by atoms with Crippen LogP contribution in [0.3, 0.4) is 0 Å². The van der Waals surface area contributed by atoms with Gasteiger partial charge in [-0.05, 0) is 37.0 Å². The summed E-state index contributed by atoms with van der Waals surface area (Å²) in [5, 5.41) is 0. The van der Waals surface area contributed by atoms with Crippen LogP contribution in [0.5, 0.6) is 0 Å². The molecule has 2 heteroatoms. The van der Waals surface area contributed by atoms with Crippen LogP contribution >= 0.6 is 0 Å². The Bertz CT molecular complexity index is 221. The van der Waals surface area contributed by atoms with Crippen LogP contribution < -0.4 is 5.73 Å². The lowest BCUT2D eigenvalue weighted by Crippen LogP contribution is -2.65. The second-order valence-corrected chi connectivity index (χ2v) is 6.11. The van der Waals surface area contributed by atoms with Crippen molar-refractivity contribution in [3.63, 3.8) is 0 Å². The average Bonchev–Trinajstić information content (AvgIpc) is 2.59. The van der Waals surface area contributed by atoms with Gasteiger partial charge in [0.2, 0.25) is 0 Å². The van der Waals surface area contributed by atoms with Crippen molar-refractivity contribution < 1.29 is 0 Å². The smallest absolute Gasteiger partial charge is 0.0247 e. The Balaban J connectivity index is 1.56. The summed E-state index contributed by atoms with van der Waals surface area (Å²) in [4.78, 5) is 2.69. The van der Waals surface area contributed by atoms with Crippen LogP contribution in [0.1, 0.15) is 44.9 Å².